The van der Waals surface area contributed by atoms with E-state index in [0.717, 1.165) is 15.4 Å². The van der Waals surface area contributed by atoms with Gasteiger partial charge in [-0.1, -0.05) is 78.4 Å². The second-order valence-electron chi connectivity index (χ2n) is 11.8. The third-order valence-corrected chi connectivity index (χ3v) is 8.76. The lowest BCUT2D eigenvalue weighted by molar-refractivity contribution is -0.140. The van der Waals surface area contributed by atoms with Gasteiger partial charge in [0, 0.05) is 18.5 Å². The van der Waals surface area contributed by atoms with Gasteiger partial charge in [-0.3, -0.25) is 13.9 Å². The summed E-state index contributed by atoms with van der Waals surface area (Å²) in [6.45, 7) is 6.81. The van der Waals surface area contributed by atoms with Crippen LogP contribution in [0.1, 0.15) is 37.5 Å². The lowest BCUT2D eigenvalue weighted by Crippen LogP contribution is -2.56. The molecule has 0 bridgehead atoms. The third kappa shape index (κ3) is 8.54. The van der Waals surface area contributed by atoms with Crippen LogP contribution in [-0.4, -0.2) is 43.3 Å². The van der Waals surface area contributed by atoms with Gasteiger partial charge in [0.2, 0.25) is 11.8 Å². The molecule has 0 heterocycles. The summed E-state index contributed by atoms with van der Waals surface area (Å²) >= 11 is 0. The molecule has 0 aliphatic carbocycles. The molecule has 9 heteroatoms. The minimum atomic E-state index is -4.18. The van der Waals surface area contributed by atoms with Crippen LogP contribution in [0.25, 0.3) is 0 Å². The van der Waals surface area contributed by atoms with Gasteiger partial charge in [0.1, 0.15) is 18.4 Å². The molecule has 0 fully saturated rings. The number of hydrogen-bond acceptors (Lipinski definition) is 4. The Bertz CT molecular complexity index is 1660. The van der Waals surface area contributed by atoms with E-state index in [4.69, 9.17) is 0 Å². The normalized spacial score (nSPS) is 12.3. The van der Waals surface area contributed by atoms with Crippen LogP contribution in [0.3, 0.4) is 0 Å². The van der Waals surface area contributed by atoms with E-state index >= 15 is 0 Å². The Hall–Kier alpha value is -4.50. The van der Waals surface area contributed by atoms with E-state index in [0.29, 0.717) is 11.3 Å². The summed E-state index contributed by atoms with van der Waals surface area (Å²) in [7, 11) is -4.18. The van der Waals surface area contributed by atoms with Gasteiger partial charge >= 0.3 is 0 Å². The van der Waals surface area contributed by atoms with Crippen LogP contribution in [0.15, 0.2) is 114 Å². The maximum absolute atomic E-state index is 14.4. The van der Waals surface area contributed by atoms with E-state index in [9.17, 15) is 22.4 Å². The average molecular weight is 616 g/mol. The first-order valence-electron chi connectivity index (χ1n) is 14.4. The number of rotatable bonds is 11. The summed E-state index contributed by atoms with van der Waals surface area (Å²) in [6.07, 6.45) is 0.186. The van der Waals surface area contributed by atoms with Crippen molar-refractivity contribution in [1.29, 1.82) is 0 Å². The first-order chi connectivity index (χ1) is 20.8. The van der Waals surface area contributed by atoms with Crippen molar-refractivity contribution >= 4 is 27.5 Å². The van der Waals surface area contributed by atoms with Crippen LogP contribution in [0.2, 0.25) is 0 Å². The topological polar surface area (TPSA) is 86.8 Å². The number of nitrogens with one attached hydrogen (secondary N) is 1. The molecule has 0 radical (unpaired) electrons. The van der Waals surface area contributed by atoms with Crippen LogP contribution in [0.5, 0.6) is 0 Å². The number of sulfonamides is 1. The molecule has 4 aromatic rings. The van der Waals surface area contributed by atoms with E-state index in [-0.39, 0.29) is 23.8 Å². The average Bonchev–Trinajstić information content (AvgIpc) is 2.98. The molecule has 0 aromatic heterocycles. The maximum Gasteiger partial charge on any atom is 0.264 e. The zero-order valence-corrected chi connectivity index (χ0v) is 26.2. The molecule has 0 unspecified atom stereocenters. The van der Waals surface area contributed by atoms with Gasteiger partial charge in [0.05, 0.1) is 10.6 Å². The highest BCUT2D eigenvalue weighted by Gasteiger charge is 2.35. The second-order valence-corrected chi connectivity index (χ2v) is 13.6. The van der Waals surface area contributed by atoms with Crippen molar-refractivity contribution in [2.24, 2.45) is 0 Å². The maximum atomic E-state index is 14.4. The van der Waals surface area contributed by atoms with Crippen molar-refractivity contribution in [3.05, 3.63) is 132 Å². The summed E-state index contributed by atoms with van der Waals surface area (Å²) in [5.41, 5.74) is 2.02. The number of aryl methyl sites for hydroxylation is 1. The Morgan fingerprint density at radius 2 is 1.36 bits per heavy atom. The van der Waals surface area contributed by atoms with Gasteiger partial charge in [-0.2, -0.15) is 0 Å². The highest BCUT2D eigenvalue weighted by Crippen LogP contribution is 2.25. The van der Waals surface area contributed by atoms with Crippen molar-refractivity contribution in [2.75, 3.05) is 10.8 Å². The number of carbonyl (C=O) groups is 2. The minimum Gasteiger partial charge on any atom is -0.350 e. The van der Waals surface area contributed by atoms with Crippen LogP contribution >= 0.6 is 0 Å². The lowest BCUT2D eigenvalue weighted by atomic mass is 10.0. The lowest BCUT2D eigenvalue weighted by Gasteiger charge is -2.35. The van der Waals surface area contributed by atoms with Crippen LogP contribution < -0.4 is 9.62 Å². The van der Waals surface area contributed by atoms with Crippen LogP contribution in [-0.2, 0) is 32.6 Å². The smallest absolute Gasteiger partial charge is 0.264 e. The highest BCUT2D eigenvalue weighted by atomic mass is 32.2. The zero-order chi connectivity index (χ0) is 31.9. The molecule has 0 spiro atoms. The summed E-state index contributed by atoms with van der Waals surface area (Å²) < 4.78 is 42.9. The van der Waals surface area contributed by atoms with Gasteiger partial charge in [0.25, 0.3) is 10.0 Å². The molecule has 0 aliphatic rings. The fourth-order valence-electron chi connectivity index (χ4n) is 4.75. The summed E-state index contributed by atoms with van der Waals surface area (Å²) in [5.74, 6) is -1.40. The molecule has 1 atom stereocenters. The molecule has 4 rings (SSSR count). The van der Waals surface area contributed by atoms with E-state index in [2.05, 4.69) is 5.32 Å². The van der Waals surface area contributed by atoms with Crippen molar-refractivity contribution in [3.8, 4) is 0 Å². The number of halogens is 1. The molecular weight excluding hydrogens is 577 g/mol. The van der Waals surface area contributed by atoms with E-state index in [1.165, 1.54) is 29.2 Å². The molecule has 4 aromatic carbocycles. The standard InChI is InChI=1S/C35H38FN3O4S/c1-26-15-21-31(22-16-26)44(42,43)39(30-13-9-6-10-14-30)25-33(40)38(24-28-17-19-29(36)20-18-28)32(34(41)37-35(2,3)4)23-27-11-7-5-8-12-27/h5-22,32H,23-25H2,1-4H3,(H,37,41)/t32-/m0/s1. The fraction of sp³-hybridized carbons (Fsp3) is 0.257. The van der Waals surface area contributed by atoms with Crippen LogP contribution in [0.4, 0.5) is 10.1 Å². The first kappa shape index (κ1) is 32.4. The van der Waals surface area contributed by atoms with Crippen molar-refractivity contribution in [1.82, 2.24) is 10.2 Å². The quantitative estimate of drug-likeness (QED) is 0.228. The molecule has 1 N–H and O–H groups in total. The third-order valence-electron chi connectivity index (χ3n) is 6.97. The fourth-order valence-corrected chi connectivity index (χ4v) is 6.17. The molecule has 230 valence electrons. The zero-order valence-electron chi connectivity index (χ0n) is 25.4. The molecule has 0 aliphatic heterocycles. The van der Waals surface area contributed by atoms with Gasteiger partial charge in [-0.15, -0.1) is 0 Å². The summed E-state index contributed by atoms with van der Waals surface area (Å²) in [4.78, 5) is 29.7. The van der Waals surface area contributed by atoms with Crippen LogP contribution in [0, 0.1) is 12.7 Å². The predicted octanol–water partition coefficient (Wildman–Crippen LogP) is 5.88. The Labute approximate surface area is 259 Å². The largest absolute Gasteiger partial charge is 0.350 e. The first-order valence-corrected chi connectivity index (χ1v) is 15.8. The number of nitrogens with zero attached hydrogens (tertiary/aromatic N) is 2. The summed E-state index contributed by atoms with van der Waals surface area (Å²) in [6, 6.07) is 28.8. The summed E-state index contributed by atoms with van der Waals surface area (Å²) in [5, 5.41) is 2.99. The monoisotopic (exact) mass is 615 g/mol. The SMILES string of the molecule is Cc1ccc(S(=O)(=O)N(CC(=O)N(Cc2ccc(F)cc2)[C@@H](Cc2ccccc2)C(=O)NC(C)(C)C)c2ccccc2)cc1. The molecular formula is C35H38FN3O4S. The number of anilines is 1. The van der Waals surface area contributed by atoms with Crippen molar-refractivity contribution in [2.45, 2.75) is 57.1 Å². The van der Waals surface area contributed by atoms with Gasteiger partial charge < -0.3 is 10.2 Å². The number of carbonyl (C=O) groups excluding carboxylic acids is 2. The van der Waals surface area contributed by atoms with E-state index in [1.807, 2.05) is 58.0 Å². The molecule has 44 heavy (non-hydrogen) atoms. The Morgan fingerprint density at radius 1 is 0.795 bits per heavy atom. The molecule has 2 amide bonds. The predicted molar refractivity (Wildman–Crippen MR) is 171 cm³/mol. The number of amides is 2. The number of hydrogen-bond donors (Lipinski definition) is 1. The highest BCUT2D eigenvalue weighted by molar-refractivity contribution is 7.92. The number of benzene rings is 4. The second kappa shape index (κ2) is 13.9. The molecule has 0 saturated carbocycles. The number of para-hydroxylation sites is 1. The van der Waals surface area contributed by atoms with Gasteiger partial charge in [-0.25, -0.2) is 12.8 Å². The van der Waals surface area contributed by atoms with E-state index in [1.54, 1.807) is 54.6 Å². The van der Waals surface area contributed by atoms with Crippen molar-refractivity contribution in [3.63, 3.8) is 0 Å². The van der Waals surface area contributed by atoms with Crippen molar-refractivity contribution < 1.29 is 22.4 Å². The molecule has 7 nitrogen and oxygen atoms in total. The minimum absolute atomic E-state index is 0.0381. The molecule has 0 saturated heterocycles. The van der Waals surface area contributed by atoms with E-state index < -0.39 is 39.9 Å². The van der Waals surface area contributed by atoms with Gasteiger partial charge in [0.15, 0.2) is 0 Å². The van der Waals surface area contributed by atoms with Gasteiger partial charge in [-0.05, 0) is 75.2 Å². The Morgan fingerprint density at radius 3 is 1.93 bits per heavy atom. The Balaban J connectivity index is 1.79. The Kier molecular flexibility index (Phi) is 10.2.